The van der Waals surface area contributed by atoms with Crippen LogP contribution in [0.1, 0.15) is 43.9 Å². The molecular weight excluding hydrogens is 274 g/mol. The molecule has 0 bridgehead atoms. The van der Waals surface area contributed by atoms with Crippen LogP contribution in [-0.2, 0) is 17.8 Å². The summed E-state index contributed by atoms with van der Waals surface area (Å²) in [6, 6.07) is 0.107. The molecule has 0 aromatic carbocycles. The van der Waals surface area contributed by atoms with E-state index in [4.69, 9.17) is 10.8 Å². The Balaban J connectivity index is 3.01. The van der Waals surface area contributed by atoms with E-state index in [2.05, 4.69) is 10.3 Å². The molecule has 1 amide bonds. The van der Waals surface area contributed by atoms with Crippen LogP contribution in [0.2, 0.25) is 0 Å². The Morgan fingerprint density at radius 3 is 2.29 bits per heavy atom. The van der Waals surface area contributed by atoms with E-state index in [0.29, 0.717) is 12.1 Å². The van der Waals surface area contributed by atoms with E-state index in [0.717, 1.165) is 0 Å². The summed E-state index contributed by atoms with van der Waals surface area (Å²) in [5.74, 6) is -1.29. The highest BCUT2D eigenvalue weighted by molar-refractivity contribution is 5.86. The van der Waals surface area contributed by atoms with Gasteiger partial charge < -0.3 is 15.7 Å². The zero-order chi connectivity index (χ0) is 16.2. The Bertz CT molecular complexity index is 502. The topological polar surface area (TPSA) is 114 Å². The van der Waals surface area contributed by atoms with Gasteiger partial charge in [-0.15, -0.1) is 5.10 Å². The fraction of sp³-hybridized carbons (Fsp3) is 0.692. The number of hydrogen-bond acceptors (Lipinski definition) is 5. The van der Waals surface area contributed by atoms with Crippen molar-refractivity contribution in [3.8, 4) is 0 Å². The maximum atomic E-state index is 12.4. The minimum atomic E-state index is -1.17. The fourth-order valence-corrected chi connectivity index (χ4v) is 2.39. The smallest absolute Gasteiger partial charge is 0.358 e. The molecule has 8 nitrogen and oxygen atoms in total. The maximum absolute atomic E-state index is 12.4. The number of amides is 1. The van der Waals surface area contributed by atoms with Crippen LogP contribution in [0.4, 0.5) is 0 Å². The van der Waals surface area contributed by atoms with Crippen molar-refractivity contribution in [3.05, 3.63) is 11.4 Å². The molecule has 0 atom stereocenters. The number of carbonyl (C=O) groups excluding carboxylic acids is 1. The number of nitrogens with two attached hydrogens (primary N) is 1. The normalized spacial score (nSPS) is 11.2. The van der Waals surface area contributed by atoms with Crippen molar-refractivity contribution in [2.75, 3.05) is 6.54 Å². The van der Waals surface area contributed by atoms with Gasteiger partial charge in [-0.2, -0.15) is 0 Å². The van der Waals surface area contributed by atoms with Crippen LogP contribution in [-0.4, -0.2) is 55.5 Å². The molecular formula is C13H23N5O3. The SMILES string of the molecule is CC(C)N(C(=O)Cn1nnc(C(=O)O)c1CCN)C(C)C. The van der Waals surface area contributed by atoms with Crippen molar-refractivity contribution in [2.24, 2.45) is 5.73 Å². The Labute approximate surface area is 123 Å². The van der Waals surface area contributed by atoms with Gasteiger partial charge in [0.1, 0.15) is 6.54 Å². The van der Waals surface area contributed by atoms with E-state index in [1.54, 1.807) is 4.90 Å². The summed E-state index contributed by atoms with van der Waals surface area (Å²) >= 11 is 0. The van der Waals surface area contributed by atoms with Crippen molar-refractivity contribution in [2.45, 2.75) is 52.7 Å². The first-order chi connectivity index (χ1) is 9.79. The van der Waals surface area contributed by atoms with Gasteiger partial charge in [0.25, 0.3) is 0 Å². The van der Waals surface area contributed by atoms with Gasteiger partial charge in [-0.05, 0) is 34.2 Å². The molecule has 1 heterocycles. The molecule has 1 aromatic heterocycles. The van der Waals surface area contributed by atoms with Crippen molar-refractivity contribution >= 4 is 11.9 Å². The van der Waals surface area contributed by atoms with Gasteiger partial charge in [0.15, 0.2) is 5.69 Å². The molecule has 0 saturated heterocycles. The molecule has 0 aliphatic rings. The first-order valence-electron chi connectivity index (χ1n) is 6.96. The summed E-state index contributed by atoms with van der Waals surface area (Å²) in [6.45, 7) is 7.96. The highest BCUT2D eigenvalue weighted by Crippen LogP contribution is 2.10. The number of nitrogens with zero attached hydrogens (tertiary/aromatic N) is 4. The molecule has 0 saturated carbocycles. The van der Waals surface area contributed by atoms with Crippen molar-refractivity contribution < 1.29 is 14.7 Å². The second-order valence-corrected chi connectivity index (χ2v) is 5.37. The molecule has 1 aromatic rings. The Kier molecular flexibility index (Phi) is 5.83. The number of carboxylic acid groups (broad SMARTS) is 1. The standard InChI is InChI=1S/C13H23N5O3/c1-8(2)18(9(3)4)11(19)7-17-10(5-6-14)12(13(20)21)15-16-17/h8-9H,5-7,14H2,1-4H3,(H,20,21). The zero-order valence-corrected chi connectivity index (χ0v) is 12.9. The largest absolute Gasteiger partial charge is 0.476 e. The number of aromatic nitrogens is 3. The summed E-state index contributed by atoms with van der Waals surface area (Å²) in [6.07, 6.45) is 0.311. The minimum Gasteiger partial charge on any atom is -0.476 e. The van der Waals surface area contributed by atoms with E-state index < -0.39 is 5.97 Å². The summed E-state index contributed by atoms with van der Waals surface area (Å²) in [5, 5.41) is 16.5. The average Bonchev–Trinajstić information content (AvgIpc) is 2.72. The number of rotatable bonds is 7. The fourth-order valence-electron chi connectivity index (χ4n) is 2.39. The van der Waals surface area contributed by atoms with Crippen LogP contribution in [0.3, 0.4) is 0 Å². The van der Waals surface area contributed by atoms with Gasteiger partial charge in [-0.1, -0.05) is 5.21 Å². The number of hydrogen-bond donors (Lipinski definition) is 2. The summed E-state index contributed by atoms with van der Waals surface area (Å²) in [7, 11) is 0. The van der Waals surface area contributed by atoms with Crippen LogP contribution in [0.25, 0.3) is 0 Å². The third-order valence-corrected chi connectivity index (χ3v) is 3.11. The lowest BCUT2D eigenvalue weighted by Crippen LogP contribution is -2.44. The van der Waals surface area contributed by atoms with Crippen LogP contribution in [0.5, 0.6) is 0 Å². The molecule has 3 N–H and O–H groups in total. The summed E-state index contributed by atoms with van der Waals surface area (Å²) < 4.78 is 1.33. The van der Waals surface area contributed by atoms with Crippen molar-refractivity contribution in [1.29, 1.82) is 0 Å². The predicted molar refractivity (Wildman–Crippen MR) is 76.9 cm³/mol. The Hall–Kier alpha value is -1.96. The molecule has 0 radical (unpaired) electrons. The van der Waals surface area contributed by atoms with Gasteiger partial charge in [0.05, 0.1) is 5.69 Å². The second kappa shape index (κ2) is 7.16. The average molecular weight is 297 g/mol. The van der Waals surface area contributed by atoms with Crippen LogP contribution >= 0.6 is 0 Å². The third-order valence-electron chi connectivity index (χ3n) is 3.11. The second-order valence-electron chi connectivity index (χ2n) is 5.37. The highest BCUT2D eigenvalue weighted by Gasteiger charge is 2.24. The van der Waals surface area contributed by atoms with E-state index in [1.807, 2.05) is 27.7 Å². The van der Waals surface area contributed by atoms with Gasteiger partial charge in [0, 0.05) is 18.5 Å². The van der Waals surface area contributed by atoms with E-state index in [1.165, 1.54) is 4.68 Å². The molecule has 8 heteroatoms. The molecule has 118 valence electrons. The lowest BCUT2D eigenvalue weighted by molar-refractivity contribution is -0.135. The van der Waals surface area contributed by atoms with E-state index >= 15 is 0 Å². The van der Waals surface area contributed by atoms with Crippen LogP contribution < -0.4 is 5.73 Å². The Morgan fingerprint density at radius 1 is 1.29 bits per heavy atom. The van der Waals surface area contributed by atoms with Crippen molar-refractivity contribution in [3.63, 3.8) is 0 Å². The lowest BCUT2D eigenvalue weighted by Gasteiger charge is -2.30. The summed E-state index contributed by atoms with van der Waals surface area (Å²) in [5.41, 5.74) is 5.72. The van der Waals surface area contributed by atoms with Gasteiger partial charge in [0.2, 0.25) is 5.91 Å². The van der Waals surface area contributed by atoms with Crippen LogP contribution in [0, 0.1) is 0 Å². The predicted octanol–water partition coefficient (Wildman–Crippen LogP) is 0.123. The number of aromatic carboxylic acids is 1. The molecule has 0 aliphatic carbocycles. The molecule has 21 heavy (non-hydrogen) atoms. The summed E-state index contributed by atoms with van der Waals surface area (Å²) in [4.78, 5) is 25.2. The molecule has 0 fully saturated rings. The van der Waals surface area contributed by atoms with Gasteiger partial charge in [-0.25, -0.2) is 9.48 Å². The monoisotopic (exact) mass is 297 g/mol. The zero-order valence-electron chi connectivity index (χ0n) is 12.9. The maximum Gasteiger partial charge on any atom is 0.358 e. The van der Waals surface area contributed by atoms with Gasteiger partial charge in [-0.3, -0.25) is 4.79 Å². The first-order valence-corrected chi connectivity index (χ1v) is 6.96. The quantitative estimate of drug-likeness (QED) is 0.739. The van der Waals surface area contributed by atoms with Crippen LogP contribution in [0.15, 0.2) is 0 Å². The number of carboxylic acids is 1. The number of carbonyl (C=O) groups is 2. The molecule has 0 unspecified atom stereocenters. The van der Waals surface area contributed by atoms with E-state index in [9.17, 15) is 9.59 Å². The Morgan fingerprint density at radius 2 is 1.86 bits per heavy atom. The lowest BCUT2D eigenvalue weighted by atomic mass is 10.2. The highest BCUT2D eigenvalue weighted by atomic mass is 16.4. The first kappa shape index (κ1) is 17.1. The third kappa shape index (κ3) is 4.01. The molecule has 0 aliphatic heterocycles. The molecule has 1 rings (SSSR count). The van der Waals surface area contributed by atoms with Crippen molar-refractivity contribution in [1.82, 2.24) is 19.9 Å². The minimum absolute atomic E-state index is 0.0357. The van der Waals surface area contributed by atoms with E-state index in [-0.39, 0.29) is 36.8 Å². The van der Waals surface area contributed by atoms with Gasteiger partial charge >= 0.3 is 5.97 Å². The molecule has 0 spiro atoms.